The third-order valence-corrected chi connectivity index (χ3v) is 3.91. The lowest BCUT2D eigenvalue weighted by Crippen LogP contribution is -1.93. The van der Waals surface area contributed by atoms with Crippen LogP contribution in [0.4, 0.5) is 0 Å². The molecule has 0 spiro atoms. The summed E-state index contributed by atoms with van der Waals surface area (Å²) in [6.45, 7) is 2.60. The highest BCUT2D eigenvalue weighted by atomic mass is 16.6. The Balaban J connectivity index is 1.69. The van der Waals surface area contributed by atoms with Gasteiger partial charge >= 0.3 is 0 Å². The summed E-state index contributed by atoms with van der Waals surface area (Å²) >= 11 is 0. The van der Waals surface area contributed by atoms with Gasteiger partial charge in [0, 0.05) is 6.61 Å². The van der Waals surface area contributed by atoms with Gasteiger partial charge in [-0.1, -0.05) is 64.7 Å². The fourth-order valence-corrected chi connectivity index (χ4v) is 2.67. The van der Waals surface area contributed by atoms with Crippen molar-refractivity contribution in [2.24, 2.45) is 0 Å². The molecule has 18 heavy (non-hydrogen) atoms. The minimum Gasteiger partial charge on any atom is -0.396 e. The molecule has 2 nitrogen and oxygen atoms in total. The average molecular weight is 256 g/mol. The Morgan fingerprint density at radius 1 is 0.722 bits per heavy atom. The fraction of sp³-hybridized carbons (Fsp3) is 1.00. The zero-order valence-electron chi connectivity index (χ0n) is 12.2. The van der Waals surface area contributed by atoms with Gasteiger partial charge in [0.2, 0.25) is 0 Å². The number of hydrogen-bond donors (Lipinski definition) is 1. The molecule has 0 amide bonds. The van der Waals surface area contributed by atoms with Crippen molar-refractivity contribution in [2.75, 3.05) is 6.61 Å². The van der Waals surface area contributed by atoms with Crippen molar-refractivity contribution in [3.8, 4) is 0 Å². The number of hydrogen-bond acceptors (Lipinski definition) is 2. The number of aliphatic hydroxyl groups excluding tert-OH is 1. The first-order chi connectivity index (χ1) is 8.88. The van der Waals surface area contributed by atoms with E-state index in [1.165, 1.54) is 70.6 Å². The molecule has 1 fully saturated rings. The third kappa shape index (κ3) is 8.10. The summed E-state index contributed by atoms with van der Waals surface area (Å²) in [5.41, 5.74) is 0. The zero-order chi connectivity index (χ0) is 13.1. The van der Waals surface area contributed by atoms with E-state index < -0.39 is 0 Å². The SMILES string of the molecule is CCCC1OC1CCCCCCCCCCCO. The van der Waals surface area contributed by atoms with Gasteiger partial charge in [0.05, 0.1) is 12.2 Å². The molecular weight excluding hydrogens is 224 g/mol. The summed E-state index contributed by atoms with van der Waals surface area (Å²) in [5.74, 6) is 0. The van der Waals surface area contributed by atoms with Gasteiger partial charge in [-0.15, -0.1) is 0 Å². The lowest BCUT2D eigenvalue weighted by molar-refractivity contribution is 0.282. The van der Waals surface area contributed by atoms with E-state index in [2.05, 4.69) is 6.92 Å². The van der Waals surface area contributed by atoms with E-state index in [0.29, 0.717) is 18.8 Å². The van der Waals surface area contributed by atoms with Gasteiger partial charge in [-0.05, 0) is 19.3 Å². The molecule has 0 aromatic rings. The summed E-state index contributed by atoms with van der Waals surface area (Å²) in [5, 5.41) is 8.66. The molecule has 0 radical (unpaired) electrons. The Labute approximate surface area is 113 Å². The van der Waals surface area contributed by atoms with Crippen molar-refractivity contribution in [1.82, 2.24) is 0 Å². The van der Waals surface area contributed by atoms with E-state index in [4.69, 9.17) is 9.84 Å². The Morgan fingerprint density at radius 3 is 1.78 bits per heavy atom. The molecular formula is C16H32O2. The van der Waals surface area contributed by atoms with Gasteiger partial charge in [0.25, 0.3) is 0 Å². The second-order valence-electron chi connectivity index (χ2n) is 5.70. The van der Waals surface area contributed by atoms with E-state index in [1.54, 1.807) is 0 Å². The molecule has 1 rings (SSSR count). The van der Waals surface area contributed by atoms with Crippen LogP contribution >= 0.6 is 0 Å². The lowest BCUT2D eigenvalue weighted by Gasteiger charge is -2.01. The molecule has 2 unspecified atom stereocenters. The average Bonchev–Trinajstić information content (AvgIpc) is 3.11. The van der Waals surface area contributed by atoms with Crippen LogP contribution in [0.25, 0.3) is 0 Å². The quantitative estimate of drug-likeness (QED) is 0.390. The summed E-state index contributed by atoms with van der Waals surface area (Å²) in [4.78, 5) is 0. The minimum atomic E-state index is 0.363. The molecule has 1 saturated heterocycles. The van der Waals surface area contributed by atoms with Crippen molar-refractivity contribution in [3.05, 3.63) is 0 Å². The molecule has 0 bridgehead atoms. The van der Waals surface area contributed by atoms with E-state index in [-0.39, 0.29) is 0 Å². The van der Waals surface area contributed by atoms with Crippen LogP contribution in [0.1, 0.15) is 84.0 Å². The predicted octanol–water partition coefficient (Wildman–Crippen LogP) is 4.45. The van der Waals surface area contributed by atoms with Gasteiger partial charge in [-0.2, -0.15) is 0 Å². The Kier molecular flexibility index (Phi) is 9.59. The second-order valence-corrected chi connectivity index (χ2v) is 5.70. The summed E-state index contributed by atoms with van der Waals surface area (Å²) in [7, 11) is 0. The normalized spacial score (nSPS) is 22.3. The fourth-order valence-electron chi connectivity index (χ4n) is 2.67. The van der Waals surface area contributed by atoms with Crippen LogP contribution in [-0.2, 0) is 4.74 Å². The van der Waals surface area contributed by atoms with Gasteiger partial charge in [-0.3, -0.25) is 0 Å². The predicted molar refractivity (Wildman–Crippen MR) is 76.8 cm³/mol. The van der Waals surface area contributed by atoms with E-state index in [9.17, 15) is 0 Å². The maximum atomic E-state index is 8.66. The van der Waals surface area contributed by atoms with Crippen LogP contribution in [0.3, 0.4) is 0 Å². The number of unbranched alkanes of at least 4 members (excludes halogenated alkanes) is 8. The molecule has 108 valence electrons. The number of ether oxygens (including phenoxy) is 1. The van der Waals surface area contributed by atoms with Crippen LogP contribution in [-0.4, -0.2) is 23.9 Å². The maximum Gasteiger partial charge on any atom is 0.0841 e. The van der Waals surface area contributed by atoms with Gasteiger partial charge in [-0.25, -0.2) is 0 Å². The molecule has 1 aliphatic rings. The molecule has 0 aromatic heterocycles. The smallest absolute Gasteiger partial charge is 0.0841 e. The van der Waals surface area contributed by atoms with Gasteiger partial charge in [0.1, 0.15) is 0 Å². The highest BCUT2D eigenvalue weighted by Crippen LogP contribution is 2.30. The second kappa shape index (κ2) is 10.8. The van der Waals surface area contributed by atoms with Crippen molar-refractivity contribution in [3.63, 3.8) is 0 Å². The highest BCUT2D eigenvalue weighted by molar-refractivity contribution is 4.83. The lowest BCUT2D eigenvalue weighted by atomic mass is 10.0. The van der Waals surface area contributed by atoms with Crippen molar-refractivity contribution < 1.29 is 9.84 Å². The Morgan fingerprint density at radius 2 is 1.22 bits per heavy atom. The molecule has 2 heteroatoms. The van der Waals surface area contributed by atoms with Crippen LogP contribution < -0.4 is 0 Å². The van der Waals surface area contributed by atoms with Crippen LogP contribution in [0.2, 0.25) is 0 Å². The first kappa shape index (κ1) is 16.0. The van der Waals surface area contributed by atoms with Crippen LogP contribution in [0.15, 0.2) is 0 Å². The van der Waals surface area contributed by atoms with E-state index in [0.717, 1.165) is 6.42 Å². The molecule has 0 aromatic carbocycles. The zero-order valence-corrected chi connectivity index (χ0v) is 12.2. The standard InChI is InChI=1S/C16H32O2/c1-2-12-15-16(18-15)13-10-8-6-4-3-5-7-9-11-14-17/h15-17H,2-14H2,1H3. The maximum absolute atomic E-state index is 8.66. The minimum absolute atomic E-state index is 0.363. The summed E-state index contributed by atoms with van der Waals surface area (Å²) in [6, 6.07) is 0. The van der Waals surface area contributed by atoms with Crippen LogP contribution in [0, 0.1) is 0 Å². The molecule has 1 aliphatic heterocycles. The molecule has 2 atom stereocenters. The number of aliphatic hydroxyl groups is 1. The Hall–Kier alpha value is -0.0800. The van der Waals surface area contributed by atoms with Gasteiger partial charge < -0.3 is 9.84 Å². The monoisotopic (exact) mass is 256 g/mol. The first-order valence-electron chi connectivity index (χ1n) is 8.14. The van der Waals surface area contributed by atoms with Crippen LogP contribution in [0.5, 0.6) is 0 Å². The van der Waals surface area contributed by atoms with Gasteiger partial charge in [0.15, 0.2) is 0 Å². The first-order valence-corrected chi connectivity index (χ1v) is 8.14. The topological polar surface area (TPSA) is 32.8 Å². The summed E-state index contributed by atoms with van der Waals surface area (Å²) < 4.78 is 5.62. The van der Waals surface area contributed by atoms with E-state index >= 15 is 0 Å². The molecule has 1 heterocycles. The van der Waals surface area contributed by atoms with Crippen molar-refractivity contribution in [1.29, 1.82) is 0 Å². The third-order valence-electron chi connectivity index (χ3n) is 3.91. The highest BCUT2D eigenvalue weighted by Gasteiger charge is 2.36. The number of epoxide rings is 1. The van der Waals surface area contributed by atoms with Crippen molar-refractivity contribution >= 4 is 0 Å². The molecule has 0 saturated carbocycles. The molecule has 1 N–H and O–H groups in total. The van der Waals surface area contributed by atoms with Crippen molar-refractivity contribution in [2.45, 2.75) is 96.2 Å². The Bertz CT molecular complexity index is 182. The van der Waals surface area contributed by atoms with E-state index in [1.807, 2.05) is 0 Å². The number of rotatable bonds is 13. The molecule has 0 aliphatic carbocycles. The summed E-state index contributed by atoms with van der Waals surface area (Å²) in [6.07, 6.45) is 16.8. The largest absolute Gasteiger partial charge is 0.396 e.